The third-order valence-electron chi connectivity index (χ3n) is 7.49. The Morgan fingerprint density at radius 2 is 1.19 bits per heavy atom. The number of para-hydroxylation sites is 1. The summed E-state index contributed by atoms with van der Waals surface area (Å²) in [5.41, 5.74) is 1.62. The molecule has 0 heterocycles. The second-order valence-electron chi connectivity index (χ2n) is 11.4. The van der Waals surface area contributed by atoms with Gasteiger partial charge in [0.25, 0.3) is 0 Å². The monoisotopic (exact) mass is 531 g/mol. The van der Waals surface area contributed by atoms with Gasteiger partial charge in [-0.05, 0) is 36.8 Å². The van der Waals surface area contributed by atoms with Crippen LogP contribution >= 0.6 is 0 Å². The zero-order valence-corrected chi connectivity index (χ0v) is 25.3. The Kier molecular flexibility index (Phi) is 16.2. The van der Waals surface area contributed by atoms with Crippen molar-refractivity contribution in [1.82, 2.24) is 0 Å². The lowest BCUT2D eigenvalue weighted by Gasteiger charge is -2.56. The van der Waals surface area contributed by atoms with Crippen LogP contribution in [0.2, 0.25) is 0 Å². The van der Waals surface area contributed by atoms with E-state index in [9.17, 15) is 0 Å². The molecule has 210 valence electrons. The van der Waals surface area contributed by atoms with Crippen LogP contribution in [-0.4, -0.2) is 43.9 Å². The van der Waals surface area contributed by atoms with Gasteiger partial charge in [0.15, 0.2) is 0 Å². The molecule has 0 aliphatic carbocycles. The topological polar surface area (TPSA) is 18.5 Å². The van der Waals surface area contributed by atoms with Crippen molar-refractivity contribution < 1.29 is 26.4 Å². The summed E-state index contributed by atoms with van der Waals surface area (Å²) in [6.45, 7) is 19.8. The van der Waals surface area contributed by atoms with Crippen molar-refractivity contribution in [2.24, 2.45) is 11.8 Å². The first-order valence-corrected chi connectivity index (χ1v) is 14.6. The van der Waals surface area contributed by atoms with Crippen molar-refractivity contribution in [3.63, 3.8) is 0 Å². The van der Waals surface area contributed by atoms with Gasteiger partial charge in [0.2, 0.25) is 0 Å². The van der Waals surface area contributed by atoms with Gasteiger partial charge in [-0.2, -0.15) is 0 Å². The molecule has 0 amide bonds. The molecule has 3 nitrogen and oxygen atoms in total. The van der Waals surface area contributed by atoms with Crippen LogP contribution < -0.4 is 17.1 Å². The highest BCUT2D eigenvalue weighted by Crippen LogP contribution is 2.46. The van der Waals surface area contributed by atoms with Gasteiger partial charge in [-0.15, -0.1) is 0 Å². The second-order valence-corrected chi connectivity index (χ2v) is 11.4. The smallest absolute Gasteiger partial charge is 0.125 e. The Hall–Kier alpha value is -1.55. The van der Waals surface area contributed by atoms with E-state index in [4.69, 9.17) is 9.47 Å². The van der Waals surface area contributed by atoms with E-state index in [1.807, 2.05) is 30.3 Å². The molecule has 0 fully saturated rings. The van der Waals surface area contributed by atoms with Crippen LogP contribution in [0.3, 0.4) is 0 Å². The third kappa shape index (κ3) is 10.3. The summed E-state index contributed by atoms with van der Waals surface area (Å²) < 4.78 is 13.3. The number of unbranched alkanes of at least 4 members (excludes halogenated alkanes) is 2. The average Bonchev–Trinajstić information content (AvgIpc) is 2.87. The highest BCUT2D eigenvalue weighted by Gasteiger charge is 2.51. The van der Waals surface area contributed by atoms with Crippen LogP contribution in [0.1, 0.15) is 85.6 Å². The number of rotatable bonds is 19. The molecule has 2 aromatic carbocycles. The van der Waals surface area contributed by atoms with E-state index in [0.717, 1.165) is 23.4 Å². The van der Waals surface area contributed by atoms with E-state index in [-0.39, 0.29) is 17.9 Å². The minimum atomic E-state index is 0. The van der Waals surface area contributed by atoms with E-state index >= 15 is 0 Å². The molecule has 37 heavy (non-hydrogen) atoms. The summed E-state index contributed by atoms with van der Waals surface area (Å²) in [6.07, 6.45) is 7.38. The summed E-state index contributed by atoms with van der Waals surface area (Å²) in [7, 11) is 0. The summed E-state index contributed by atoms with van der Waals surface area (Å²) in [5, 5.41) is 0. The third-order valence-corrected chi connectivity index (χ3v) is 7.49. The maximum Gasteiger partial charge on any atom is 0.125 e. The molecule has 0 radical (unpaired) electrons. The number of halogens is 1. The van der Waals surface area contributed by atoms with E-state index in [1.165, 1.54) is 57.2 Å². The van der Waals surface area contributed by atoms with Crippen molar-refractivity contribution >= 4 is 0 Å². The molecule has 0 aliphatic rings. The number of benzene rings is 2. The Morgan fingerprint density at radius 3 is 1.68 bits per heavy atom. The predicted molar refractivity (Wildman–Crippen MR) is 154 cm³/mol. The molecule has 2 aromatic rings. The highest BCUT2D eigenvalue weighted by atomic mass is 35.5. The zero-order valence-electron chi connectivity index (χ0n) is 24.6. The van der Waals surface area contributed by atoms with Crippen LogP contribution in [0.4, 0.5) is 0 Å². The van der Waals surface area contributed by atoms with E-state index in [2.05, 4.69) is 71.9 Å². The molecule has 0 unspecified atom stereocenters. The van der Waals surface area contributed by atoms with Gasteiger partial charge in [0, 0.05) is 18.4 Å². The Morgan fingerprint density at radius 1 is 0.676 bits per heavy atom. The first-order chi connectivity index (χ1) is 17.4. The average molecular weight is 532 g/mol. The Bertz CT molecular complexity index is 792. The van der Waals surface area contributed by atoms with Gasteiger partial charge < -0.3 is 26.4 Å². The van der Waals surface area contributed by atoms with E-state index in [0.29, 0.717) is 25.0 Å². The van der Waals surface area contributed by atoms with Gasteiger partial charge in [0.05, 0.1) is 26.3 Å². The maximum absolute atomic E-state index is 6.27. The van der Waals surface area contributed by atoms with Crippen molar-refractivity contribution in [2.75, 3.05) is 39.5 Å². The summed E-state index contributed by atoms with van der Waals surface area (Å²) in [4.78, 5) is 0. The van der Waals surface area contributed by atoms with Crippen molar-refractivity contribution in [1.29, 1.82) is 0 Å². The molecule has 4 heteroatoms. The van der Waals surface area contributed by atoms with Crippen LogP contribution in [0.5, 0.6) is 5.75 Å². The van der Waals surface area contributed by atoms with Crippen molar-refractivity contribution in [3.8, 4) is 5.75 Å². The molecule has 2 rings (SSSR count). The Balaban J connectivity index is 0.00000684. The van der Waals surface area contributed by atoms with E-state index < -0.39 is 0 Å². The van der Waals surface area contributed by atoms with Gasteiger partial charge in [-0.1, -0.05) is 103 Å². The van der Waals surface area contributed by atoms with Crippen LogP contribution in [-0.2, 0) is 10.3 Å². The number of hydrogen-bond donors (Lipinski definition) is 0. The largest absolute Gasteiger partial charge is 1.00 e. The lowest BCUT2D eigenvalue weighted by Crippen LogP contribution is -3.00. The molecule has 0 N–H and O–H groups in total. The summed E-state index contributed by atoms with van der Waals surface area (Å²) in [6, 6.07) is 21.5. The predicted octanol–water partition coefficient (Wildman–Crippen LogP) is 5.49. The Labute approximate surface area is 235 Å². The molecule has 0 bridgehead atoms. The molecule has 0 aliphatic heterocycles. The van der Waals surface area contributed by atoms with Gasteiger partial charge in [-0.3, -0.25) is 0 Å². The minimum absolute atomic E-state index is 0. The molecule has 0 saturated carbocycles. The fourth-order valence-electron chi connectivity index (χ4n) is 6.05. The molecular formula is C33H54ClNO2. The number of hydrogen-bond acceptors (Lipinski definition) is 2. The SMILES string of the molecule is CCCC[N+](CCCC)(CCOCCOc1ccccc1)C(CC(C)C)(CC(C)C)c1ccccc1.[Cl-]. The molecule has 0 atom stereocenters. The molecule has 0 saturated heterocycles. The summed E-state index contributed by atoms with van der Waals surface area (Å²) in [5.74, 6) is 2.17. The van der Waals surface area contributed by atoms with Crippen molar-refractivity contribution in [2.45, 2.75) is 85.6 Å². The number of ether oxygens (including phenoxy) is 2. The van der Waals surface area contributed by atoms with Gasteiger partial charge >= 0.3 is 0 Å². The molecule has 0 aromatic heterocycles. The lowest BCUT2D eigenvalue weighted by molar-refractivity contribution is -0.986. The quantitative estimate of drug-likeness (QED) is 0.176. The minimum Gasteiger partial charge on any atom is -1.00 e. The molecular weight excluding hydrogens is 478 g/mol. The van der Waals surface area contributed by atoms with Gasteiger partial charge in [-0.25, -0.2) is 0 Å². The highest BCUT2D eigenvalue weighted by molar-refractivity contribution is 5.23. The zero-order chi connectivity index (χ0) is 26.3. The fraction of sp³-hybridized carbons (Fsp3) is 0.636. The number of nitrogens with zero attached hydrogens (tertiary/aromatic N) is 1. The maximum atomic E-state index is 6.27. The normalized spacial score (nSPS) is 12.1. The first-order valence-electron chi connectivity index (χ1n) is 14.6. The first kappa shape index (κ1) is 33.5. The van der Waals surface area contributed by atoms with Crippen LogP contribution in [0, 0.1) is 11.8 Å². The standard InChI is InChI=1S/C33H54NO2.ClH/c1-7-9-21-34(22-10-8-2,23-24-35-25-26-36-32-19-15-12-16-20-32)33(27-29(3)4,28-30(5)6)31-17-13-11-14-18-31;/h11-20,29-30H,7-10,21-28H2,1-6H3;1H/q+1;/p-1. The fourth-order valence-corrected chi connectivity index (χ4v) is 6.05. The van der Waals surface area contributed by atoms with E-state index in [1.54, 1.807) is 0 Å². The van der Waals surface area contributed by atoms with Gasteiger partial charge in [0.1, 0.15) is 24.4 Å². The summed E-state index contributed by atoms with van der Waals surface area (Å²) >= 11 is 0. The van der Waals surface area contributed by atoms with Crippen molar-refractivity contribution in [3.05, 3.63) is 66.2 Å². The lowest BCUT2D eigenvalue weighted by atomic mass is 9.73. The molecule has 0 spiro atoms. The van der Waals surface area contributed by atoms with Crippen LogP contribution in [0.25, 0.3) is 0 Å². The van der Waals surface area contributed by atoms with Crippen LogP contribution in [0.15, 0.2) is 60.7 Å². The second kappa shape index (κ2) is 17.9. The number of quaternary nitrogens is 1.